The predicted molar refractivity (Wildman–Crippen MR) is 133 cm³/mol. The molecule has 6 rings (SSSR count). The van der Waals surface area contributed by atoms with Crippen molar-refractivity contribution in [3.8, 4) is 22.5 Å². The first-order valence-corrected chi connectivity index (χ1v) is 12.6. The zero-order chi connectivity index (χ0) is 22.9. The van der Waals surface area contributed by atoms with Gasteiger partial charge in [-0.05, 0) is 87.0 Å². The highest BCUT2D eigenvalue weighted by atomic mass is 16.4. The summed E-state index contributed by atoms with van der Waals surface area (Å²) in [4.78, 5) is 9.44. The molecule has 4 heterocycles. The number of furan rings is 1. The number of benzene rings is 1. The van der Waals surface area contributed by atoms with Crippen LogP contribution in [0.3, 0.4) is 0 Å². The van der Waals surface area contributed by atoms with E-state index in [1.54, 1.807) is 0 Å². The standard InChI is InChI=1S/C28H32N4O2/c33-30-27-6-4-21-17-22(3-5-25(21)27)28-26(20-7-11-29-12-8-20)18-24(34-28)19-31-15-9-23(10-16-31)32-13-1-2-14-32/h3,5,7-8,11-12,17-18,23,33H,1-2,4,6,9-10,13-16,19H2. The Morgan fingerprint density at radius 3 is 2.47 bits per heavy atom. The number of rotatable bonds is 5. The molecule has 2 aliphatic heterocycles. The number of hydrogen-bond acceptors (Lipinski definition) is 6. The molecule has 6 nitrogen and oxygen atoms in total. The Bertz CT molecular complexity index is 1170. The molecule has 0 spiro atoms. The lowest BCUT2D eigenvalue weighted by Gasteiger charge is -2.36. The van der Waals surface area contributed by atoms with E-state index >= 15 is 0 Å². The number of oxime groups is 1. The Kier molecular flexibility index (Phi) is 5.93. The van der Waals surface area contributed by atoms with Gasteiger partial charge in [0.25, 0.3) is 0 Å². The Labute approximate surface area is 200 Å². The number of aryl methyl sites for hydroxylation is 1. The van der Waals surface area contributed by atoms with Crippen molar-refractivity contribution in [2.24, 2.45) is 5.16 Å². The third kappa shape index (κ3) is 4.17. The molecule has 2 aromatic heterocycles. The van der Waals surface area contributed by atoms with Crippen LogP contribution in [0.4, 0.5) is 0 Å². The summed E-state index contributed by atoms with van der Waals surface area (Å²) in [7, 11) is 0. The van der Waals surface area contributed by atoms with Crippen LogP contribution < -0.4 is 0 Å². The fourth-order valence-corrected chi connectivity index (χ4v) is 5.96. The van der Waals surface area contributed by atoms with Crippen molar-refractivity contribution in [2.75, 3.05) is 26.2 Å². The molecule has 1 aliphatic carbocycles. The van der Waals surface area contributed by atoms with Gasteiger partial charge in [0.1, 0.15) is 11.5 Å². The summed E-state index contributed by atoms with van der Waals surface area (Å²) >= 11 is 0. The largest absolute Gasteiger partial charge is 0.459 e. The highest BCUT2D eigenvalue weighted by Crippen LogP contribution is 2.38. The van der Waals surface area contributed by atoms with Gasteiger partial charge < -0.3 is 14.5 Å². The number of piperidine rings is 1. The van der Waals surface area contributed by atoms with Crippen LogP contribution in [0, 0.1) is 0 Å². The second-order valence-corrected chi connectivity index (χ2v) is 9.86. The third-order valence-electron chi connectivity index (χ3n) is 7.80. The average Bonchev–Trinajstić information content (AvgIpc) is 3.64. The van der Waals surface area contributed by atoms with Crippen molar-refractivity contribution in [1.29, 1.82) is 0 Å². The number of hydrogen-bond donors (Lipinski definition) is 1. The molecular formula is C28H32N4O2. The van der Waals surface area contributed by atoms with Crippen LogP contribution in [0.25, 0.3) is 22.5 Å². The van der Waals surface area contributed by atoms with E-state index in [0.29, 0.717) is 0 Å². The lowest BCUT2D eigenvalue weighted by Crippen LogP contribution is -2.43. The van der Waals surface area contributed by atoms with Gasteiger partial charge in [0.05, 0.1) is 12.3 Å². The molecular weight excluding hydrogens is 424 g/mol. The molecule has 3 aliphatic rings. The van der Waals surface area contributed by atoms with Crippen LogP contribution in [0.2, 0.25) is 0 Å². The molecule has 0 atom stereocenters. The van der Waals surface area contributed by atoms with Gasteiger partial charge >= 0.3 is 0 Å². The van der Waals surface area contributed by atoms with Gasteiger partial charge in [-0.15, -0.1) is 0 Å². The van der Waals surface area contributed by atoms with E-state index in [2.05, 4.69) is 44.2 Å². The molecule has 0 unspecified atom stereocenters. The van der Waals surface area contributed by atoms with E-state index in [0.717, 1.165) is 78.0 Å². The number of nitrogens with zero attached hydrogens (tertiary/aromatic N) is 4. The van der Waals surface area contributed by atoms with Crippen LogP contribution in [0.1, 0.15) is 49.0 Å². The maximum Gasteiger partial charge on any atom is 0.142 e. The minimum atomic E-state index is 0.761. The van der Waals surface area contributed by atoms with Crippen molar-refractivity contribution >= 4 is 5.71 Å². The Morgan fingerprint density at radius 2 is 1.71 bits per heavy atom. The molecule has 34 heavy (non-hydrogen) atoms. The van der Waals surface area contributed by atoms with E-state index < -0.39 is 0 Å². The molecule has 0 saturated carbocycles. The quantitative estimate of drug-likeness (QED) is 0.423. The van der Waals surface area contributed by atoms with E-state index in [4.69, 9.17) is 4.42 Å². The minimum Gasteiger partial charge on any atom is -0.459 e. The van der Waals surface area contributed by atoms with Crippen LogP contribution in [0.5, 0.6) is 0 Å². The predicted octanol–water partition coefficient (Wildman–Crippen LogP) is 5.19. The Morgan fingerprint density at radius 1 is 0.912 bits per heavy atom. The normalized spacial score (nSPS) is 20.9. The highest BCUT2D eigenvalue weighted by Gasteiger charge is 2.27. The monoisotopic (exact) mass is 456 g/mol. The molecule has 2 saturated heterocycles. The fourth-order valence-electron chi connectivity index (χ4n) is 5.96. The maximum absolute atomic E-state index is 9.29. The van der Waals surface area contributed by atoms with Gasteiger partial charge in [-0.1, -0.05) is 17.3 Å². The summed E-state index contributed by atoms with van der Waals surface area (Å²) in [6.45, 7) is 5.67. The first-order chi connectivity index (χ1) is 16.8. The van der Waals surface area contributed by atoms with Gasteiger partial charge in [-0.25, -0.2) is 0 Å². The molecule has 1 N–H and O–H groups in total. The van der Waals surface area contributed by atoms with Crippen molar-refractivity contribution < 1.29 is 9.62 Å². The Balaban J connectivity index is 1.26. The summed E-state index contributed by atoms with van der Waals surface area (Å²) in [5.41, 5.74) is 6.33. The fraction of sp³-hybridized carbons (Fsp3) is 0.429. The SMILES string of the molecule is ON=C1CCc2cc(-c3oc(CN4CCC(N5CCCC5)CC4)cc3-c3ccncc3)ccc21. The third-order valence-corrected chi connectivity index (χ3v) is 7.80. The maximum atomic E-state index is 9.29. The molecule has 0 amide bonds. The molecule has 1 aromatic carbocycles. The number of aromatic nitrogens is 1. The molecule has 0 bridgehead atoms. The summed E-state index contributed by atoms with van der Waals surface area (Å²) in [6.07, 6.45) is 10.6. The van der Waals surface area contributed by atoms with Crippen LogP contribution in [-0.2, 0) is 13.0 Å². The average molecular weight is 457 g/mol. The van der Waals surface area contributed by atoms with Crippen molar-refractivity contribution in [3.05, 3.63) is 65.7 Å². The van der Waals surface area contributed by atoms with Gasteiger partial charge in [0.15, 0.2) is 0 Å². The van der Waals surface area contributed by atoms with Gasteiger partial charge in [-0.3, -0.25) is 9.88 Å². The van der Waals surface area contributed by atoms with E-state index in [-0.39, 0.29) is 0 Å². The smallest absolute Gasteiger partial charge is 0.142 e. The zero-order valence-corrected chi connectivity index (χ0v) is 19.6. The lowest BCUT2D eigenvalue weighted by atomic mass is 9.99. The van der Waals surface area contributed by atoms with Crippen molar-refractivity contribution in [2.45, 2.75) is 51.1 Å². The number of pyridine rings is 1. The number of fused-ring (bicyclic) bond motifs is 1. The summed E-state index contributed by atoms with van der Waals surface area (Å²) in [6, 6.07) is 13.4. The number of likely N-dealkylation sites (tertiary alicyclic amines) is 2. The van der Waals surface area contributed by atoms with E-state index in [1.807, 2.05) is 24.5 Å². The van der Waals surface area contributed by atoms with E-state index in [1.165, 1.54) is 44.3 Å². The highest BCUT2D eigenvalue weighted by molar-refractivity contribution is 6.04. The minimum absolute atomic E-state index is 0.761. The summed E-state index contributed by atoms with van der Waals surface area (Å²) < 4.78 is 6.55. The lowest BCUT2D eigenvalue weighted by molar-refractivity contribution is 0.118. The zero-order valence-electron chi connectivity index (χ0n) is 19.6. The Hall–Kier alpha value is -2.96. The molecule has 2 fully saturated rings. The molecule has 176 valence electrons. The van der Waals surface area contributed by atoms with Gasteiger partial charge in [0, 0.05) is 48.2 Å². The van der Waals surface area contributed by atoms with Crippen LogP contribution in [0.15, 0.2) is 58.4 Å². The summed E-state index contributed by atoms with van der Waals surface area (Å²) in [5, 5.41) is 12.8. The van der Waals surface area contributed by atoms with E-state index in [9.17, 15) is 5.21 Å². The molecule has 6 heteroatoms. The van der Waals surface area contributed by atoms with Gasteiger partial charge in [0.2, 0.25) is 0 Å². The first kappa shape index (κ1) is 21.6. The second kappa shape index (κ2) is 9.35. The molecule has 3 aromatic rings. The van der Waals surface area contributed by atoms with Gasteiger partial charge in [-0.2, -0.15) is 0 Å². The molecule has 0 radical (unpaired) electrons. The van der Waals surface area contributed by atoms with Crippen molar-refractivity contribution in [1.82, 2.24) is 14.8 Å². The van der Waals surface area contributed by atoms with Crippen LogP contribution in [-0.4, -0.2) is 57.9 Å². The second-order valence-electron chi connectivity index (χ2n) is 9.86. The first-order valence-electron chi connectivity index (χ1n) is 12.6. The topological polar surface area (TPSA) is 65.1 Å². The summed E-state index contributed by atoms with van der Waals surface area (Å²) in [5.74, 6) is 1.92. The van der Waals surface area contributed by atoms with Crippen LogP contribution >= 0.6 is 0 Å². The van der Waals surface area contributed by atoms with Crippen molar-refractivity contribution in [3.63, 3.8) is 0 Å².